The molecule has 5 rings (SSSR count). The van der Waals surface area contributed by atoms with Crippen molar-refractivity contribution in [1.82, 2.24) is 20.0 Å². The number of carbonyl (C=O) groups excluding carboxylic acids is 1. The number of rotatable bonds is 6. The molecule has 1 aliphatic heterocycles. The van der Waals surface area contributed by atoms with Crippen molar-refractivity contribution in [3.8, 4) is 17.0 Å². The molecule has 3 aromatic heterocycles. The highest BCUT2D eigenvalue weighted by molar-refractivity contribution is 5.98. The summed E-state index contributed by atoms with van der Waals surface area (Å²) in [5.41, 5.74) is 2.04. The Hall–Kier alpha value is -3.88. The maximum Gasteiger partial charge on any atom is 0.263 e. The molecule has 0 N–H and O–H groups in total. The normalized spacial score (nSPS) is 14.5. The maximum atomic E-state index is 12.9. The molecule has 1 aliphatic rings. The largest absolute Gasteiger partial charge is 0.497 e. The standard InChI is InChI=1S/C24H25N5O4/c1-28(14-19-4-3-13-32-19)24(30)17-9-11-29(12-10-17)22-20-21(27-33-23(20)26-15-25-22)16-5-7-18(31-2)8-6-16/h3-8,13,15,17H,9-12,14H2,1-2H3. The van der Waals surface area contributed by atoms with Gasteiger partial charge >= 0.3 is 0 Å². The number of fused-ring (bicyclic) bond motifs is 1. The topological polar surface area (TPSA) is 97.7 Å². The minimum Gasteiger partial charge on any atom is -0.497 e. The molecule has 1 aromatic carbocycles. The smallest absolute Gasteiger partial charge is 0.263 e. The van der Waals surface area contributed by atoms with Crippen molar-refractivity contribution in [3.63, 3.8) is 0 Å². The number of methoxy groups -OCH3 is 1. The molecule has 4 aromatic rings. The van der Waals surface area contributed by atoms with Crippen LogP contribution >= 0.6 is 0 Å². The second kappa shape index (κ2) is 8.93. The second-order valence-electron chi connectivity index (χ2n) is 8.17. The SMILES string of the molecule is COc1ccc(-c2noc3ncnc(N4CCC(C(=O)N(C)Cc5ccco5)CC4)c23)cc1. The van der Waals surface area contributed by atoms with Gasteiger partial charge < -0.3 is 23.5 Å². The molecule has 170 valence electrons. The van der Waals surface area contributed by atoms with Crippen LogP contribution < -0.4 is 9.64 Å². The number of anilines is 1. The van der Waals surface area contributed by atoms with Crippen molar-refractivity contribution >= 4 is 22.8 Å². The number of furan rings is 1. The van der Waals surface area contributed by atoms with E-state index in [0.29, 0.717) is 31.0 Å². The summed E-state index contributed by atoms with van der Waals surface area (Å²) < 4.78 is 16.1. The van der Waals surface area contributed by atoms with Crippen LogP contribution in [-0.2, 0) is 11.3 Å². The quantitative estimate of drug-likeness (QED) is 0.441. The molecule has 4 heterocycles. The van der Waals surface area contributed by atoms with Crippen LogP contribution in [-0.4, -0.2) is 53.2 Å². The lowest BCUT2D eigenvalue weighted by atomic mass is 9.95. The highest BCUT2D eigenvalue weighted by Gasteiger charge is 2.30. The van der Waals surface area contributed by atoms with Gasteiger partial charge in [0.2, 0.25) is 5.91 Å². The third-order valence-electron chi connectivity index (χ3n) is 6.11. The predicted molar refractivity (Wildman–Crippen MR) is 122 cm³/mol. The lowest BCUT2D eigenvalue weighted by molar-refractivity contribution is -0.135. The summed E-state index contributed by atoms with van der Waals surface area (Å²) in [6, 6.07) is 11.4. The summed E-state index contributed by atoms with van der Waals surface area (Å²) in [6.45, 7) is 1.90. The van der Waals surface area contributed by atoms with E-state index in [0.717, 1.165) is 41.1 Å². The Kier molecular flexibility index (Phi) is 5.68. The number of hydrogen-bond donors (Lipinski definition) is 0. The van der Waals surface area contributed by atoms with Gasteiger partial charge in [-0.2, -0.15) is 4.98 Å². The van der Waals surface area contributed by atoms with Crippen LogP contribution in [0.25, 0.3) is 22.4 Å². The Bertz CT molecular complexity index is 1230. The summed E-state index contributed by atoms with van der Waals surface area (Å²) in [5, 5.41) is 5.04. The van der Waals surface area contributed by atoms with Crippen LogP contribution in [0.4, 0.5) is 5.82 Å². The van der Waals surface area contributed by atoms with Gasteiger partial charge in [-0.25, -0.2) is 4.98 Å². The number of hydrogen-bond acceptors (Lipinski definition) is 8. The summed E-state index contributed by atoms with van der Waals surface area (Å²) >= 11 is 0. The van der Waals surface area contributed by atoms with Crippen LogP contribution in [0.15, 0.2) is 57.9 Å². The fourth-order valence-corrected chi connectivity index (χ4v) is 4.32. The van der Waals surface area contributed by atoms with Gasteiger partial charge in [-0.15, -0.1) is 0 Å². The van der Waals surface area contributed by atoms with Gasteiger partial charge in [0, 0.05) is 31.6 Å². The number of amides is 1. The maximum absolute atomic E-state index is 12.9. The van der Waals surface area contributed by atoms with Crippen molar-refractivity contribution < 1.29 is 18.5 Å². The van der Waals surface area contributed by atoms with Gasteiger partial charge in [-0.3, -0.25) is 4.79 Å². The van der Waals surface area contributed by atoms with Crippen LogP contribution in [0, 0.1) is 5.92 Å². The van der Waals surface area contributed by atoms with Crippen molar-refractivity contribution in [2.45, 2.75) is 19.4 Å². The van der Waals surface area contributed by atoms with E-state index in [9.17, 15) is 4.79 Å². The predicted octanol–water partition coefficient (Wildman–Crippen LogP) is 3.76. The van der Waals surface area contributed by atoms with Gasteiger partial charge in [-0.05, 0) is 49.2 Å². The molecule has 0 bridgehead atoms. The van der Waals surface area contributed by atoms with Crippen molar-refractivity contribution in [3.05, 3.63) is 54.7 Å². The molecule has 33 heavy (non-hydrogen) atoms. The van der Waals surface area contributed by atoms with E-state index < -0.39 is 0 Å². The van der Waals surface area contributed by atoms with Gasteiger partial charge in [0.1, 0.15) is 34.7 Å². The van der Waals surface area contributed by atoms with E-state index in [4.69, 9.17) is 13.7 Å². The van der Waals surface area contributed by atoms with Crippen molar-refractivity contribution in [1.29, 1.82) is 0 Å². The minimum absolute atomic E-state index is 0.0259. The third kappa shape index (κ3) is 4.13. The van der Waals surface area contributed by atoms with E-state index in [1.165, 1.54) is 6.33 Å². The Morgan fingerprint density at radius 2 is 1.97 bits per heavy atom. The zero-order valence-corrected chi connectivity index (χ0v) is 18.6. The Balaban J connectivity index is 1.33. The van der Waals surface area contributed by atoms with Crippen molar-refractivity contribution in [2.24, 2.45) is 5.92 Å². The summed E-state index contributed by atoms with van der Waals surface area (Å²) in [6.07, 6.45) is 4.61. The van der Waals surface area contributed by atoms with E-state index in [-0.39, 0.29) is 11.8 Å². The molecule has 0 saturated carbocycles. The lowest BCUT2D eigenvalue weighted by Crippen LogP contribution is -2.41. The molecule has 1 saturated heterocycles. The highest BCUT2D eigenvalue weighted by atomic mass is 16.5. The van der Waals surface area contributed by atoms with Gasteiger partial charge in [0.25, 0.3) is 5.71 Å². The number of piperidine rings is 1. The zero-order chi connectivity index (χ0) is 22.8. The Labute approximate surface area is 190 Å². The van der Waals surface area contributed by atoms with Crippen LogP contribution in [0.5, 0.6) is 5.75 Å². The molecule has 0 radical (unpaired) electrons. The van der Waals surface area contributed by atoms with Crippen molar-refractivity contribution in [2.75, 3.05) is 32.1 Å². The molecule has 0 unspecified atom stereocenters. The molecule has 9 nitrogen and oxygen atoms in total. The molecule has 0 aliphatic carbocycles. The first-order chi connectivity index (χ1) is 16.1. The number of aromatic nitrogens is 3. The van der Waals surface area contributed by atoms with Gasteiger partial charge in [0.05, 0.1) is 19.9 Å². The zero-order valence-electron chi connectivity index (χ0n) is 18.6. The number of nitrogens with zero attached hydrogens (tertiary/aromatic N) is 5. The minimum atomic E-state index is -0.0259. The molecule has 9 heteroatoms. The van der Waals surface area contributed by atoms with Crippen LogP contribution in [0.3, 0.4) is 0 Å². The van der Waals surface area contributed by atoms with Crippen LogP contribution in [0.2, 0.25) is 0 Å². The Morgan fingerprint density at radius 3 is 2.67 bits per heavy atom. The molecule has 1 fully saturated rings. The first-order valence-corrected chi connectivity index (χ1v) is 10.9. The first-order valence-electron chi connectivity index (χ1n) is 10.9. The summed E-state index contributed by atoms with van der Waals surface area (Å²) in [4.78, 5) is 25.7. The average Bonchev–Trinajstić information content (AvgIpc) is 3.53. The monoisotopic (exact) mass is 447 g/mol. The molecule has 1 amide bonds. The van der Waals surface area contributed by atoms with Gasteiger partial charge in [0.15, 0.2) is 0 Å². The molecule has 0 atom stereocenters. The molecular formula is C24H25N5O4. The summed E-state index contributed by atoms with van der Waals surface area (Å²) in [7, 11) is 3.46. The van der Waals surface area contributed by atoms with E-state index in [1.807, 2.05) is 43.4 Å². The van der Waals surface area contributed by atoms with Crippen LogP contribution in [0.1, 0.15) is 18.6 Å². The highest BCUT2D eigenvalue weighted by Crippen LogP contribution is 2.35. The molecule has 0 spiro atoms. The third-order valence-corrected chi connectivity index (χ3v) is 6.11. The molecular weight excluding hydrogens is 422 g/mol. The van der Waals surface area contributed by atoms with E-state index >= 15 is 0 Å². The number of benzene rings is 1. The second-order valence-corrected chi connectivity index (χ2v) is 8.17. The summed E-state index contributed by atoms with van der Waals surface area (Å²) in [5.74, 6) is 2.45. The average molecular weight is 447 g/mol. The van der Waals surface area contributed by atoms with E-state index in [1.54, 1.807) is 18.3 Å². The van der Waals surface area contributed by atoms with E-state index in [2.05, 4.69) is 20.0 Å². The fraction of sp³-hybridized carbons (Fsp3) is 0.333. The number of ether oxygens (including phenoxy) is 1. The van der Waals surface area contributed by atoms with Gasteiger partial charge in [-0.1, -0.05) is 5.16 Å². The Morgan fingerprint density at radius 1 is 1.18 bits per heavy atom. The lowest BCUT2D eigenvalue weighted by Gasteiger charge is -2.33. The first kappa shape index (κ1) is 21.0. The fourth-order valence-electron chi connectivity index (χ4n) is 4.32. The number of carbonyl (C=O) groups is 1.